The predicted octanol–water partition coefficient (Wildman–Crippen LogP) is 0.773. The van der Waals surface area contributed by atoms with E-state index in [4.69, 9.17) is 0 Å². The summed E-state index contributed by atoms with van der Waals surface area (Å²) in [7, 11) is 0. The number of hydrogen-bond acceptors (Lipinski definition) is 3. The molecule has 2 rings (SSSR count). The summed E-state index contributed by atoms with van der Waals surface area (Å²) in [4.78, 5) is 15.0. The van der Waals surface area contributed by atoms with Crippen molar-refractivity contribution in [2.75, 3.05) is 0 Å². The summed E-state index contributed by atoms with van der Waals surface area (Å²) in [5.74, 6) is -0.00602. The summed E-state index contributed by atoms with van der Waals surface area (Å²) < 4.78 is 12.1. The molecule has 0 bridgehead atoms. The minimum atomic E-state index is -2.08. The van der Waals surface area contributed by atoms with Crippen molar-refractivity contribution in [2.45, 2.75) is 6.92 Å². The molecule has 0 saturated carbocycles. The number of hydrogen-bond donors (Lipinski definition) is 0. The van der Waals surface area contributed by atoms with Crippen molar-refractivity contribution >= 4 is 34.9 Å². The van der Waals surface area contributed by atoms with Crippen molar-refractivity contribution in [1.29, 1.82) is 0 Å². The number of Topliss-reactive ketones (excluding diaryl/α,β-unsaturated/α-hetero) is 1. The molecule has 66 valence electrons. The fourth-order valence-corrected chi connectivity index (χ4v) is 3.04. The molecule has 13 heavy (non-hydrogen) atoms. The molecule has 0 N–H and O–H groups in total. The Morgan fingerprint density at radius 3 is 2.92 bits per heavy atom. The van der Waals surface area contributed by atoms with E-state index in [0.717, 1.165) is 10.1 Å². The molecule has 4 heteroatoms. The third kappa shape index (κ3) is 1.39. The Bertz CT molecular complexity index is 437. The van der Waals surface area contributed by atoms with Crippen LogP contribution in [0.2, 0.25) is 0 Å². The normalized spacial score (nSPS) is 18.7. The number of aliphatic imine (C=N–C) groups is 1. The van der Waals surface area contributed by atoms with Gasteiger partial charge in [-0.1, -0.05) is 0 Å². The number of rotatable bonds is 1. The first kappa shape index (κ1) is 8.48. The van der Waals surface area contributed by atoms with Crippen molar-refractivity contribution in [2.24, 2.45) is 4.99 Å². The van der Waals surface area contributed by atoms with Crippen LogP contribution < -0.4 is 4.46 Å². The van der Waals surface area contributed by atoms with E-state index in [0.29, 0.717) is 5.56 Å². The number of nitrogens with zero attached hydrogens (tertiary/aromatic N) is 1. The van der Waals surface area contributed by atoms with Gasteiger partial charge >= 0.3 is 79.2 Å². The second-order valence-corrected chi connectivity index (χ2v) is 5.38. The predicted molar refractivity (Wildman–Crippen MR) is 50.7 cm³/mol. The first-order chi connectivity index (χ1) is 6.18. The van der Waals surface area contributed by atoms with Crippen LogP contribution in [0.25, 0.3) is 0 Å². The zero-order valence-electron chi connectivity index (χ0n) is 6.98. The van der Waals surface area contributed by atoms with Crippen LogP contribution in [0.1, 0.15) is 17.3 Å². The SMILES string of the molecule is CC(=O)c1ccc2c(c1)[Se](=O)C=N2. The average molecular weight is 240 g/mol. The Labute approximate surface area is 79.6 Å². The van der Waals surface area contributed by atoms with Crippen LogP contribution in [-0.2, 0) is 3.83 Å². The minimum absolute atomic E-state index is 0.00602. The molecular formula is C9H7NO2Se. The third-order valence-corrected chi connectivity index (χ3v) is 4.09. The number of carbonyl (C=O) groups is 1. The Balaban J connectivity index is 2.57. The first-order valence-corrected chi connectivity index (χ1v) is 6.33. The first-order valence-electron chi connectivity index (χ1n) is 3.78. The van der Waals surface area contributed by atoms with E-state index in [-0.39, 0.29) is 5.78 Å². The van der Waals surface area contributed by atoms with Gasteiger partial charge in [0.25, 0.3) is 0 Å². The Kier molecular flexibility index (Phi) is 1.94. The maximum atomic E-state index is 11.4. The van der Waals surface area contributed by atoms with Gasteiger partial charge in [-0.3, -0.25) is 0 Å². The molecule has 1 heterocycles. The van der Waals surface area contributed by atoms with Gasteiger partial charge in [-0.25, -0.2) is 0 Å². The molecular weight excluding hydrogens is 233 g/mol. The van der Waals surface area contributed by atoms with Crippen molar-refractivity contribution in [3.63, 3.8) is 0 Å². The van der Waals surface area contributed by atoms with E-state index in [1.165, 1.54) is 12.0 Å². The van der Waals surface area contributed by atoms with Crippen LogP contribution in [0.4, 0.5) is 5.69 Å². The van der Waals surface area contributed by atoms with Gasteiger partial charge in [0.2, 0.25) is 0 Å². The molecule has 0 aromatic heterocycles. The fraction of sp³-hybridized carbons (Fsp3) is 0.111. The average Bonchev–Trinajstić information content (AvgIpc) is 2.47. The summed E-state index contributed by atoms with van der Waals surface area (Å²) in [5, 5.41) is 1.48. The maximum absolute atomic E-state index is 11.4. The zero-order chi connectivity index (χ0) is 9.42. The monoisotopic (exact) mass is 241 g/mol. The van der Waals surface area contributed by atoms with E-state index in [1.807, 2.05) is 0 Å². The Morgan fingerprint density at radius 2 is 2.23 bits per heavy atom. The molecule has 0 radical (unpaired) electrons. The van der Waals surface area contributed by atoms with Gasteiger partial charge in [-0.05, 0) is 0 Å². The second-order valence-electron chi connectivity index (χ2n) is 2.77. The van der Waals surface area contributed by atoms with E-state index < -0.39 is 13.8 Å². The third-order valence-electron chi connectivity index (χ3n) is 1.87. The molecule has 0 amide bonds. The van der Waals surface area contributed by atoms with Crippen LogP contribution in [-0.4, -0.2) is 24.7 Å². The number of ketones is 1. The number of carbonyl (C=O) groups excluding carboxylic acids is 1. The summed E-state index contributed by atoms with van der Waals surface area (Å²) in [6, 6.07) is 5.13. The summed E-state index contributed by atoms with van der Waals surface area (Å²) >= 11 is -2.08. The number of benzene rings is 1. The van der Waals surface area contributed by atoms with Crippen molar-refractivity contribution in [3.8, 4) is 0 Å². The molecule has 1 unspecified atom stereocenters. The fourth-order valence-electron chi connectivity index (χ4n) is 1.16. The van der Waals surface area contributed by atoms with E-state index in [9.17, 15) is 8.63 Å². The second kappa shape index (κ2) is 2.98. The number of fused-ring (bicyclic) bond motifs is 1. The molecule has 1 aliphatic rings. The molecule has 0 saturated heterocycles. The van der Waals surface area contributed by atoms with Gasteiger partial charge in [0, 0.05) is 0 Å². The van der Waals surface area contributed by atoms with Crippen LogP contribution >= 0.6 is 0 Å². The van der Waals surface area contributed by atoms with Crippen LogP contribution in [0.5, 0.6) is 0 Å². The van der Waals surface area contributed by atoms with Crippen molar-refractivity contribution in [3.05, 3.63) is 23.8 Å². The molecule has 0 spiro atoms. The molecule has 1 aliphatic heterocycles. The van der Waals surface area contributed by atoms with Crippen LogP contribution in [0.15, 0.2) is 23.2 Å². The quantitative estimate of drug-likeness (QED) is 0.537. The summed E-state index contributed by atoms with van der Waals surface area (Å²) in [5.41, 5.74) is 1.35. The van der Waals surface area contributed by atoms with Gasteiger partial charge in [0.05, 0.1) is 0 Å². The molecule has 0 fully saturated rings. The molecule has 1 aromatic carbocycles. The standard InChI is InChI=1S/C9H7NO2Se/c1-6(11)7-2-3-8-9(4-7)13(12)5-10-8/h2-5H,1H3. The Morgan fingerprint density at radius 1 is 1.46 bits per heavy atom. The van der Waals surface area contributed by atoms with Gasteiger partial charge < -0.3 is 0 Å². The van der Waals surface area contributed by atoms with Crippen molar-refractivity contribution in [1.82, 2.24) is 0 Å². The van der Waals surface area contributed by atoms with E-state index >= 15 is 0 Å². The van der Waals surface area contributed by atoms with Gasteiger partial charge in [0.15, 0.2) is 0 Å². The van der Waals surface area contributed by atoms with E-state index in [2.05, 4.69) is 4.99 Å². The Hall–Kier alpha value is -1.12. The molecule has 1 aromatic rings. The van der Waals surface area contributed by atoms with Gasteiger partial charge in [-0.15, -0.1) is 0 Å². The molecule has 3 nitrogen and oxygen atoms in total. The topological polar surface area (TPSA) is 46.5 Å². The summed E-state index contributed by atoms with van der Waals surface area (Å²) in [6.45, 7) is 1.50. The van der Waals surface area contributed by atoms with Crippen LogP contribution in [0, 0.1) is 0 Å². The summed E-state index contributed by atoms with van der Waals surface area (Å²) in [6.07, 6.45) is 0. The van der Waals surface area contributed by atoms with Gasteiger partial charge in [-0.2, -0.15) is 0 Å². The molecule has 1 atom stereocenters. The van der Waals surface area contributed by atoms with Crippen molar-refractivity contribution < 1.29 is 8.63 Å². The van der Waals surface area contributed by atoms with Gasteiger partial charge in [0.1, 0.15) is 0 Å². The van der Waals surface area contributed by atoms with Crippen LogP contribution in [0.3, 0.4) is 0 Å². The van der Waals surface area contributed by atoms with E-state index in [1.54, 1.807) is 18.2 Å². The zero-order valence-corrected chi connectivity index (χ0v) is 8.69. The molecule has 0 aliphatic carbocycles.